The number of amides is 1. The first-order valence-electron chi connectivity index (χ1n) is 12.3. The van der Waals surface area contributed by atoms with E-state index in [2.05, 4.69) is 22.9 Å². The number of carbonyl (C=O) groups is 1. The minimum atomic E-state index is -0.630. The van der Waals surface area contributed by atoms with Crippen LogP contribution in [0.2, 0.25) is 0 Å². The van der Waals surface area contributed by atoms with E-state index >= 15 is 0 Å². The number of rotatable bonds is 7. The molecule has 4 aromatic rings. The highest BCUT2D eigenvalue weighted by Gasteiger charge is 2.43. The van der Waals surface area contributed by atoms with Gasteiger partial charge in [-0.05, 0) is 85.5 Å². The lowest BCUT2D eigenvalue weighted by molar-refractivity contribution is 0.0971. The third kappa shape index (κ3) is 4.35. The summed E-state index contributed by atoms with van der Waals surface area (Å²) in [6.45, 7) is 6.72. The molecule has 184 valence electrons. The highest BCUT2D eigenvalue weighted by molar-refractivity contribution is 9.10. The van der Waals surface area contributed by atoms with E-state index in [1.165, 1.54) is 0 Å². The molecule has 0 spiro atoms. The normalized spacial score (nSPS) is 14.9. The van der Waals surface area contributed by atoms with Crippen molar-refractivity contribution >= 4 is 38.5 Å². The molecule has 0 saturated carbocycles. The van der Waals surface area contributed by atoms with Gasteiger partial charge < -0.3 is 9.15 Å². The zero-order chi connectivity index (χ0) is 25.4. The van der Waals surface area contributed by atoms with E-state index in [4.69, 9.17) is 9.15 Å². The fraction of sp³-hybridized carbons (Fsp3) is 0.267. The Bertz CT molecular complexity index is 1510. The van der Waals surface area contributed by atoms with Crippen LogP contribution in [-0.2, 0) is 0 Å². The minimum absolute atomic E-state index is 0.0953. The second kappa shape index (κ2) is 9.94. The number of halogens is 1. The van der Waals surface area contributed by atoms with Crippen LogP contribution in [0.1, 0.15) is 65.0 Å². The number of nitrogens with zero attached hydrogens (tertiary/aromatic N) is 1. The summed E-state index contributed by atoms with van der Waals surface area (Å²) in [5.74, 6) is 0.485. The van der Waals surface area contributed by atoms with Crippen LogP contribution >= 0.6 is 15.9 Å². The van der Waals surface area contributed by atoms with Gasteiger partial charge >= 0.3 is 0 Å². The maximum atomic E-state index is 13.9. The van der Waals surface area contributed by atoms with E-state index in [0.29, 0.717) is 28.8 Å². The van der Waals surface area contributed by atoms with Crippen molar-refractivity contribution in [3.8, 4) is 5.75 Å². The van der Waals surface area contributed by atoms with E-state index < -0.39 is 6.04 Å². The van der Waals surface area contributed by atoms with Gasteiger partial charge in [-0.15, -0.1) is 0 Å². The Morgan fingerprint density at radius 2 is 1.72 bits per heavy atom. The lowest BCUT2D eigenvalue weighted by Crippen LogP contribution is -2.29. The van der Waals surface area contributed by atoms with Crippen LogP contribution in [-0.4, -0.2) is 12.5 Å². The van der Waals surface area contributed by atoms with E-state index in [1.54, 1.807) is 4.90 Å². The summed E-state index contributed by atoms with van der Waals surface area (Å²) in [6.07, 6.45) is 3.20. The molecular weight excluding hydrogens is 518 g/mol. The van der Waals surface area contributed by atoms with Crippen LogP contribution in [0.25, 0.3) is 11.0 Å². The van der Waals surface area contributed by atoms with Crippen LogP contribution in [0, 0.1) is 13.8 Å². The molecular formula is C30H28BrNO4. The number of unbranched alkanes of at least 4 members (excludes halogenated alkanes) is 2. The Hall–Kier alpha value is -3.38. The molecule has 3 aromatic carbocycles. The number of ether oxygens (including phenoxy) is 1. The summed E-state index contributed by atoms with van der Waals surface area (Å²) in [6, 6.07) is 18.2. The molecule has 1 unspecified atom stereocenters. The van der Waals surface area contributed by atoms with Gasteiger partial charge in [0.05, 0.1) is 23.6 Å². The third-order valence-electron chi connectivity index (χ3n) is 6.78. The standard InChI is InChI=1S/C30H28BrNO4/c1-4-5-6-14-35-23-9-7-8-20(17-23)27-26-28(33)24-15-18(2)19(3)16-25(24)36-29(26)30(34)32(27)22-12-10-21(31)11-13-22/h7-13,15-17,27H,4-6,14H2,1-3H3. The molecule has 1 aromatic heterocycles. The average Bonchev–Trinajstić information content (AvgIpc) is 3.16. The molecule has 0 bridgehead atoms. The van der Waals surface area contributed by atoms with Gasteiger partial charge in [0.15, 0.2) is 5.43 Å². The fourth-order valence-electron chi connectivity index (χ4n) is 4.73. The molecule has 1 amide bonds. The summed E-state index contributed by atoms with van der Waals surface area (Å²) >= 11 is 3.47. The SMILES string of the molecule is CCCCCOc1cccc(C2c3c(oc4cc(C)c(C)cc4c3=O)C(=O)N2c2ccc(Br)cc2)c1. The summed E-state index contributed by atoms with van der Waals surface area (Å²) in [7, 11) is 0. The quantitative estimate of drug-likeness (QED) is 0.226. The summed E-state index contributed by atoms with van der Waals surface area (Å²) < 4.78 is 13.1. The Morgan fingerprint density at radius 3 is 2.47 bits per heavy atom. The largest absolute Gasteiger partial charge is 0.494 e. The Balaban J connectivity index is 1.68. The fourth-order valence-corrected chi connectivity index (χ4v) is 4.99. The number of hydrogen-bond acceptors (Lipinski definition) is 4. The molecule has 5 rings (SSSR count). The second-order valence-corrected chi connectivity index (χ2v) is 10.2. The smallest absolute Gasteiger partial charge is 0.295 e. The van der Waals surface area contributed by atoms with Gasteiger partial charge in [0.25, 0.3) is 5.91 Å². The molecule has 1 atom stereocenters. The second-order valence-electron chi connectivity index (χ2n) is 9.29. The van der Waals surface area contributed by atoms with Crippen molar-refractivity contribution in [1.29, 1.82) is 0 Å². The van der Waals surface area contributed by atoms with Gasteiger partial charge in [0.1, 0.15) is 11.3 Å². The van der Waals surface area contributed by atoms with Crippen molar-refractivity contribution in [2.45, 2.75) is 46.1 Å². The van der Waals surface area contributed by atoms with Gasteiger partial charge in [-0.1, -0.05) is 47.8 Å². The number of hydrogen-bond donors (Lipinski definition) is 0. The number of anilines is 1. The van der Waals surface area contributed by atoms with E-state index in [1.807, 2.05) is 74.5 Å². The highest BCUT2D eigenvalue weighted by atomic mass is 79.9. The van der Waals surface area contributed by atoms with Crippen molar-refractivity contribution in [1.82, 2.24) is 0 Å². The zero-order valence-corrected chi connectivity index (χ0v) is 22.2. The Labute approximate surface area is 218 Å². The summed E-state index contributed by atoms with van der Waals surface area (Å²) in [5.41, 5.74) is 4.11. The van der Waals surface area contributed by atoms with Crippen molar-refractivity contribution in [2.24, 2.45) is 0 Å². The minimum Gasteiger partial charge on any atom is -0.494 e. The van der Waals surface area contributed by atoms with Crippen LogP contribution in [0.4, 0.5) is 5.69 Å². The third-order valence-corrected chi connectivity index (χ3v) is 7.31. The number of benzene rings is 3. The van der Waals surface area contributed by atoms with Gasteiger partial charge in [0.2, 0.25) is 5.76 Å². The van der Waals surface area contributed by atoms with Crippen LogP contribution in [0.5, 0.6) is 5.75 Å². The Morgan fingerprint density at radius 1 is 0.972 bits per heavy atom. The summed E-state index contributed by atoms with van der Waals surface area (Å²) in [4.78, 5) is 29.3. The molecule has 5 nitrogen and oxygen atoms in total. The van der Waals surface area contributed by atoms with Crippen molar-refractivity contribution in [3.05, 3.63) is 103 Å². The molecule has 0 saturated heterocycles. The topological polar surface area (TPSA) is 59.8 Å². The molecule has 0 fully saturated rings. The van der Waals surface area contributed by atoms with Crippen molar-refractivity contribution in [2.75, 3.05) is 11.5 Å². The monoisotopic (exact) mass is 545 g/mol. The molecule has 1 aliphatic heterocycles. The van der Waals surface area contributed by atoms with Crippen LogP contribution < -0.4 is 15.1 Å². The van der Waals surface area contributed by atoms with Gasteiger partial charge in [0, 0.05) is 10.2 Å². The average molecular weight is 546 g/mol. The molecule has 0 N–H and O–H groups in total. The van der Waals surface area contributed by atoms with Crippen molar-refractivity contribution in [3.63, 3.8) is 0 Å². The maximum absolute atomic E-state index is 13.9. The zero-order valence-electron chi connectivity index (χ0n) is 20.6. The maximum Gasteiger partial charge on any atom is 0.295 e. The van der Waals surface area contributed by atoms with E-state index in [9.17, 15) is 9.59 Å². The molecule has 0 radical (unpaired) electrons. The van der Waals surface area contributed by atoms with Gasteiger partial charge in [-0.25, -0.2) is 0 Å². The van der Waals surface area contributed by atoms with Gasteiger partial charge in [-0.3, -0.25) is 14.5 Å². The molecule has 0 aliphatic carbocycles. The Kier molecular flexibility index (Phi) is 6.71. The highest BCUT2D eigenvalue weighted by Crippen LogP contribution is 2.42. The number of aryl methyl sites for hydroxylation is 2. The van der Waals surface area contributed by atoms with Crippen molar-refractivity contribution < 1.29 is 13.9 Å². The first-order valence-corrected chi connectivity index (χ1v) is 13.1. The lowest BCUT2D eigenvalue weighted by Gasteiger charge is -2.25. The number of carbonyl (C=O) groups excluding carboxylic acids is 1. The van der Waals surface area contributed by atoms with E-state index in [-0.39, 0.29) is 17.1 Å². The predicted octanol–water partition coefficient (Wildman–Crippen LogP) is 7.49. The first kappa shape index (κ1) is 24.3. The molecule has 6 heteroatoms. The van der Waals surface area contributed by atoms with Gasteiger partial charge in [-0.2, -0.15) is 0 Å². The van der Waals surface area contributed by atoms with Crippen LogP contribution in [0.15, 0.2) is 74.3 Å². The van der Waals surface area contributed by atoms with Crippen LogP contribution in [0.3, 0.4) is 0 Å². The summed E-state index contributed by atoms with van der Waals surface area (Å²) in [5, 5.41) is 0.485. The number of fused-ring (bicyclic) bond motifs is 2. The van der Waals surface area contributed by atoms with E-state index in [0.717, 1.165) is 46.2 Å². The predicted molar refractivity (Wildman–Crippen MR) is 146 cm³/mol. The molecule has 36 heavy (non-hydrogen) atoms. The first-order chi connectivity index (χ1) is 17.4. The molecule has 2 heterocycles. The lowest BCUT2D eigenvalue weighted by atomic mass is 9.97. The molecule has 1 aliphatic rings.